The minimum absolute atomic E-state index is 0.121. The minimum Gasteiger partial charge on any atom is -0.476 e. The van der Waals surface area contributed by atoms with Crippen molar-refractivity contribution in [1.82, 2.24) is 19.6 Å². The van der Waals surface area contributed by atoms with E-state index in [1.807, 2.05) is 35.4 Å². The van der Waals surface area contributed by atoms with Gasteiger partial charge in [0.1, 0.15) is 17.0 Å². The predicted octanol–water partition coefficient (Wildman–Crippen LogP) is 8.19. The second-order valence-electron chi connectivity index (χ2n) is 19.3. The number of nitro benzene ring substituents is 1. The van der Waals surface area contributed by atoms with Crippen molar-refractivity contribution < 1.29 is 32.3 Å². The molecule has 3 N–H and O–H groups in total. The standard InChI is InChI=1S/C50H58N8O8S/c59-48(54-67(62,63)38-12-14-42(45(28-38)58(60)61)52-31-37-32-64-24-25-65-37)41-13-11-35(27-44(41)57-20-5-23-66-49-46(57)26-34-15-18-51-47(34)53-49)55-21-16-50(17-22-55)29-36(30-50)56-19-4-10-43(56)40-9-2-1-8-39(40)33-6-3-7-33/h1-2,8-9,11-15,18,26-28,33,36-37,43,52H,3-7,10,16-17,19-25,29-32H2,(H,51,53)(H,54,59)/t37-,43-/m0/s1. The van der Waals surface area contributed by atoms with E-state index < -0.39 is 31.4 Å². The number of H-pyrrole nitrogens is 1. The van der Waals surface area contributed by atoms with E-state index in [0.717, 1.165) is 49.0 Å². The normalized spacial score (nSPS) is 22.4. The van der Waals surface area contributed by atoms with Crippen LogP contribution < -0.4 is 24.6 Å². The van der Waals surface area contributed by atoms with Gasteiger partial charge in [0, 0.05) is 61.6 Å². The van der Waals surface area contributed by atoms with Crippen LogP contribution in [-0.2, 0) is 19.5 Å². The average Bonchev–Trinajstić information content (AvgIpc) is 3.94. The number of aromatic nitrogens is 2. The highest BCUT2D eigenvalue weighted by molar-refractivity contribution is 7.90. The lowest BCUT2D eigenvalue weighted by Crippen LogP contribution is -2.55. The van der Waals surface area contributed by atoms with Gasteiger partial charge in [-0.1, -0.05) is 30.7 Å². The predicted molar refractivity (Wildman–Crippen MR) is 255 cm³/mol. The third-order valence-electron chi connectivity index (χ3n) is 15.4. The highest BCUT2D eigenvalue weighted by Crippen LogP contribution is 2.55. The van der Waals surface area contributed by atoms with Crippen LogP contribution in [-0.4, -0.2) is 105 Å². The maximum Gasteiger partial charge on any atom is 0.293 e. The summed E-state index contributed by atoms with van der Waals surface area (Å²) in [4.78, 5) is 40.7. The molecular weight excluding hydrogens is 873 g/mol. The van der Waals surface area contributed by atoms with Crippen molar-refractivity contribution in [3.05, 3.63) is 106 Å². The van der Waals surface area contributed by atoms with Gasteiger partial charge in [-0.2, -0.15) is 4.98 Å². The highest BCUT2D eigenvalue weighted by atomic mass is 32.2. The van der Waals surface area contributed by atoms with Crippen LogP contribution in [0, 0.1) is 15.5 Å². The van der Waals surface area contributed by atoms with Gasteiger partial charge in [-0.3, -0.25) is 19.8 Å². The number of amides is 1. The summed E-state index contributed by atoms with van der Waals surface area (Å²) < 4.78 is 47.4. The molecule has 5 fully saturated rings. The number of hydrogen-bond donors (Lipinski definition) is 3. The molecule has 0 bridgehead atoms. The van der Waals surface area contributed by atoms with E-state index in [0.29, 0.717) is 79.8 Å². The van der Waals surface area contributed by atoms with Crippen molar-refractivity contribution in [2.24, 2.45) is 5.41 Å². The lowest BCUT2D eigenvalue weighted by Gasteiger charge is -2.56. The first-order valence-electron chi connectivity index (χ1n) is 24.0. The molecule has 2 aliphatic carbocycles. The number of carbonyl (C=O) groups is 1. The largest absolute Gasteiger partial charge is 0.476 e. The second kappa shape index (κ2) is 18.1. The number of nitrogens with zero attached hydrogens (tertiary/aromatic N) is 5. The molecule has 2 atom stereocenters. The third-order valence-corrected chi connectivity index (χ3v) is 16.7. The number of nitro groups is 1. The molecule has 6 aliphatic rings. The number of rotatable bonds is 12. The number of benzene rings is 3. The van der Waals surface area contributed by atoms with Crippen LogP contribution in [0.5, 0.6) is 5.88 Å². The summed E-state index contributed by atoms with van der Waals surface area (Å²) in [6.45, 7) is 5.25. The van der Waals surface area contributed by atoms with Crippen LogP contribution in [0.15, 0.2) is 83.9 Å². The fourth-order valence-electron chi connectivity index (χ4n) is 11.5. The molecule has 352 valence electrons. The summed E-state index contributed by atoms with van der Waals surface area (Å²) >= 11 is 0. The summed E-state index contributed by atoms with van der Waals surface area (Å²) in [6, 6.07) is 23.4. The maximum atomic E-state index is 14.4. The average molecular weight is 931 g/mol. The number of piperidine rings is 1. The van der Waals surface area contributed by atoms with Gasteiger partial charge in [0.15, 0.2) is 0 Å². The summed E-state index contributed by atoms with van der Waals surface area (Å²) in [5, 5.41) is 16.0. The molecule has 67 heavy (non-hydrogen) atoms. The van der Waals surface area contributed by atoms with Crippen LogP contribution >= 0.6 is 0 Å². The van der Waals surface area contributed by atoms with Crippen molar-refractivity contribution in [2.45, 2.75) is 93.2 Å². The Morgan fingerprint density at radius 3 is 2.51 bits per heavy atom. The summed E-state index contributed by atoms with van der Waals surface area (Å²) in [7, 11) is -4.58. The van der Waals surface area contributed by atoms with E-state index in [1.54, 1.807) is 17.2 Å². The number of anilines is 4. The fraction of sp³-hybridized carbons (Fsp3) is 0.480. The Labute approximate surface area is 390 Å². The molecule has 1 amide bonds. The lowest BCUT2D eigenvalue weighted by atomic mass is 9.59. The number of carbonyl (C=O) groups excluding carboxylic acids is 1. The molecule has 4 aliphatic heterocycles. The topological polar surface area (TPSA) is 185 Å². The van der Waals surface area contributed by atoms with E-state index in [2.05, 4.69) is 49.1 Å². The Balaban J connectivity index is 0.835. The van der Waals surface area contributed by atoms with Crippen molar-refractivity contribution in [3.8, 4) is 5.88 Å². The van der Waals surface area contributed by atoms with Gasteiger partial charge in [-0.05, 0) is 129 Å². The number of fused-ring (bicyclic) bond motifs is 2. The highest BCUT2D eigenvalue weighted by Gasteiger charge is 2.50. The summed E-state index contributed by atoms with van der Waals surface area (Å²) in [6.07, 6.45) is 13.2. The number of pyridine rings is 1. The quantitative estimate of drug-likeness (QED) is 0.0805. The van der Waals surface area contributed by atoms with Crippen molar-refractivity contribution in [1.29, 1.82) is 0 Å². The zero-order valence-electron chi connectivity index (χ0n) is 37.7. The SMILES string of the molecule is O=C(NS(=O)(=O)c1ccc(NC[C@H]2COCCO2)c([N+](=O)[O-])c1)c1ccc(N2CCC3(CC2)CC(N2CCC[C@H]2c2ccccc2C2CCC2)C3)cc1N1CCCOc2nc3[nH]ccc3cc21. The molecule has 11 rings (SSSR count). The van der Waals surface area contributed by atoms with Crippen LogP contribution in [0.25, 0.3) is 11.0 Å². The van der Waals surface area contributed by atoms with E-state index in [9.17, 15) is 23.3 Å². The van der Waals surface area contributed by atoms with Crippen LogP contribution in [0.1, 0.15) is 97.7 Å². The number of aromatic amines is 1. The molecule has 2 saturated carbocycles. The minimum atomic E-state index is -4.58. The smallest absolute Gasteiger partial charge is 0.293 e. The number of likely N-dealkylation sites (tertiary alicyclic amines) is 1. The Hall–Kier alpha value is -5.75. The van der Waals surface area contributed by atoms with E-state index >= 15 is 0 Å². The first-order chi connectivity index (χ1) is 32.6. The molecule has 3 aromatic carbocycles. The second-order valence-corrected chi connectivity index (χ2v) is 21.0. The lowest BCUT2D eigenvalue weighted by molar-refractivity contribution is -0.384. The van der Waals surface area contributed by atoms with Crippen LogP contribution in [0.2, 0.25) is 0 Å². The van der Waals surface area contributed by atoms with Crippen LogP contribution in [0.3, 0.4) is 0 Å². The van der Waals surface area contributed by atoms with Gasteiger partial charge in [0.2, 0.25) is 5.88 Å². The zero-order valence-corrected chi connectivity index (χ0v) is 38.5. The van der Waals surface area contributed by atoms with Gasteiger partial charge in [0.05, 0.1) is 53.6 Å². The van der Waals surface area contributed by atoms with Gasteiger partial charge in [-0.15, -0.1) is 0 Å². The van der Waals surface area contributed by atoms with Gasteiger partial charge < -0.3 is 34.3 Å². The third kappa shape index (κ3) is 8.59. The molecule has 0 radical (unpaired) electrons. The summed E-state index contributed by atoms with van der Waals surface area (Å²) in [5.41, 5.74) is 6.06. The molecule has 3 saturated heterocycles. The molecule has 1 spiro atoms. The molecular formula is C50H58N8O8S. The number of hydrogen-bond acceptors (Lipinski definition) is 13. The summed E-state index contributed by atoms with van der Waals surface area (Å²) in [5.74, 6) is 0.270. The Kier molecular flexibility index (Phi) is 11.8. The first-order valence-corrected chi connectivity index (χ1v) is 25.5. The Bertz CT molecular complexity index is 2770. The Morgan fingerprint density at radius 1 is 0.896 bits per heavy atom. The molecule has 2 aromatic heterocycles. The molecule has 0 unspecified atom stereocenters. The number of nitrogens with one attached hydrogen (secondary N) is 3. The van der Waals surface area contributed by atoms with Crippen molar-refractivity contribution in [3.63, 3.8) is 0 Å². The van der Waals surface area contributed by atoms with Crippen LogP contribution in [0.4, 0.5) is 28.4 Å². The zero-order chi connectivity index (χ0) is 45.7. The first kappa shape index (κ1) is 43.8. The number of sulfonamides is 1. The van der Waals surface area contributed by atoms with E-state index in [1.165, 1.54) is 63.6 Å². The molecule has 16 nitrogen and oxygen atoms in total. The van der Waals surface area contributed by atoms with Gasteiger partial charge in [-0.25, -0.2) is 13.1 Å². The molecule has 5 aromatic rings. The molecule has 17 heteroatoms. The molecule has 6 heterocycles. The van der Waals surface area contributed by atoms with Gasteiger partial charge in [0.25, 0.3) is 21.6 Å². The van der Waals surface area contributed by atoms with E-state index in [4.69, 9.17) is 19.2 Å². The van der Waals surface area contributed by atoms with Crippen molar-refractivity contribution in [2.75, 3.05) is 74.3 Å². The van der Waals surface area contributed by atoms with Crippen molar-refractivity contribution >= 4 is 55.4 Å². The number of ether oxygens (including phenoxy) is 3. The fourth-order valence-corrected chi connectivity index (χ4v) is 12.5. The monoisotopic (exact) mass is 930 g/mol. The van der Waals surface area contributed by atoms with E-state index in [-0.39, 0.29) is 23.9 Å². The van der Waals surface area contributed by atoms with Gasteiger partial charge >= 0.3 is 0 Å². The Morgan fingerprint density at radius 2 is 1.73 bits per heavy atom. The maximum absolute atomic E-state index is 14.4.